The van der Waals surface area contributed by atoms with Gasteiger partial charge in [-0.15, -0.1) is 0 Å². The number of hydrogen-bond acceptors (Lipinski definition) is 5. The summed E-state index contributed by atoms with van der Waals surface area (Å²) in [6.07, 6.45) is 0.250. The molecule has 2 aliphatic rings. The van der Waals surface area contributed by atoms with E-state index in [1.807, 2.05) is 74.5 Å². The standard InChI is InChI=1S/C38H37FN2O4/c1-23(2)37(44)41-30-16-11-17-31(42)34(30)40-29-21-38(3,4)22-32(43)33(29)35(41)27-19-18-26(20-28(27)39)45-36(24-12-7-5-8-13-24)25-14-9-6-10-15-25/h5-20,23,35-36,40,42H,21-22H2,1-4H3. The molecule has 1 heterocycles. The number of aromatic hydroxyl groups is 1. The van der Waals surface area contributed by atoms with Crippen LogP contribution >= 0.6 is 0 Å². The number of amides is 1. The smallest absolute Gasteiger partial charge is 0.230 e. The molecular formula is C38H37FN2O4. The fourth-order valence-corrected chi connectivity index (χ4v) is 6.38. The number of anilines is 2. The zero-order chi connectivity index (χ0) is 31.9. The van der Waals surface area contributed by atoms with Gasteiger partial charge in [-0.1, -0.05) is 94.4 Å². The Hall–Kier alpha value is -4.91. The van der Waals surface area contributed by atoms with Crippen LogP contribution in [0.4, 0.5) is 15.8 Å². The molecule has 0 saturated heterocycles. The molecule has 0 aromatic heterocycles. The summed E-state index contributed by atoms with van der Waals surface area (Å²) in [6, 6.07) is 27.9. The zero-order valence-corrected chi connectivity index (χ0v) is 25.9. The lowest BCUT2D eigenvalue weighted by atomic mass is 9.73. The Labute approximate surface area is 263 Å². The van der Waals surface area contributed by atoms with Crippen molar-refractivity contribution in [2.24, 2.45) is 11.3 Å². The van der Waals surface area contributed by atoms with Crippen LogP contribution < -0.4 is 15.0 Å². The summed E-state index contributed by atoms with van der Waals surface area (Å²) in [5.41, 5.74) is 3.25. The number of ketones is 1. The summed E-state index contributed by atoms with van der Waals surface area (Å²) < 4.78 is 23.0. The fraction of sp³-hybridized carbons (Fsp3) is 0.263. The van der Waals surface area contributed by atoms with Gasteiger partial charge in [0.2, 0.25) is 5.91 Å². The largest absolute Gasteiger partial charge is 0.506 e. The van der Waals surface area contributed by atoms with Crippen molar-refractivity contribution >= 4 is 23.1 Å². The van der Waals surface area contributed by atoms with Crippen molar-refractivity contribution < 1.29 is 23.8 Å². The van der Waals surface area contributed by atoms with Crippen molar-refractivity contribution in [3.63, 3.8) is 0 Å². The molecule has 1 aliphatic carbocycles. The summed E-state index contributed by atoms with van der Waals surface area (Å²) >= 11 is 0. The van der Waals surface area contributed by atoms with E-state index < -0.39 is 23.9 Å². The van der Waals surface area contributed by atoms with Crippen molar-refractivity contribution in [2.75, 3.05) is 10.2 Å². The molecule has 0 fully saturated rings. The number of Topliss-reactive ketones (excluding diaryl/α,β-unsaturated/α-hetero) is 1. The van der Waals surface area contributed by atoms with Crippen LogP contribution in [-0.2, 0) is 9.59 Å². The van der Waals surface area contributed by atoms with E-state index in [2.05, 4.69) is 5.32 Å². The van der Waals surface area contributed by atoms with E-state index in [9.17, 15) is 14.7 Å². The molecule has 0 saturated carbocycles. The van der Waals surface area contributed by atoms with Crippen molar-refractivity contribution in [3.05, 3.63) is 131 Å². The predicted molar refractivity (Wildman–Crippen MR) is 174 cm³/mol. The molecule has 1 atom stereocenters. The molecule has 1 amide bonds. The van der Waals surface area contributed by atoms with Crippen LogP contribution in [0.25, 0.3) is 0 Å². The van der Waals surface area contributed by atoms with Gasteiger partial charge in [0.25, 0.3) is 0 Å². The molecule has 6 rings (SSSR count). The monoisotopic (exact) mass is 604 g/mol. The van der Waals surface area contributed by atoms with Gasteiger partial charge >= 0.3 is 0 Å². The number of nitrogens with zero attached hydrogens (tertiary/aromatic N) is 1. The highest BCUT2D eigenvalue weighted by molar-refractivity contribution is 6.07. The minimum Gasteiger partial charge on any atom is -0.506 e. The molecule has 6 nitrogen and oxygen atoms in total. The normalized spacial score (nSPS) is 17.4. The number of allylic oxidation sites excluding steroid dienone is 1. The van der Waals surface area contributed by atoms with E-state index in [-0.39, 0.29) is 34.8 Å². The first-order valence-corrected chi connectivity index (χ1v) is 15.3. The lowest BCUT2D eigenvalue weighted by molar-refractivity contribution is -0.122. The number of fused-ring (bicyclic) bond motifs is 1. The van der Waals surface area contributed by atoms with Crippen LogP contribution in [0.1, 0.15) is 69.4 Å². The maximum Gasteiger partial charge on any atom is 0.230 e. The van der Waals surface area contributed by atoms with Gasteiger partial charge in [-0.3, -0.25) is 14.5 Å². The predicted octanol–water partition coefficient (Wildman–Crippen LogP) is 8.50. The van der Waals surface area contributed by atoms with Gasteiger partial charge in [0.05, 0.1) is 11.7 Å². The molecule has 45 heavy (non-hydrogen) atoms. The number of carbonyl (C=O) groups is 2. The minimum atomic E-state index is -1.05. The molecule has 4 aromatic carbocycles. The average Bonchev–Trinajstić information content (AvgIpc) is 3.15. The summed E-state index contributed by atoms with van der Waals surface area (Å²) in [5, 5.41) is 14.2. The number of phenols is 1. The highest BCUT2D eigenvalue weighted by Gasteiger charge is 2.45. The summed E-state index contributed by atoms with van der Waals surface area (Å²) in [6.45, 7) is 7.53. The topological polar surface area (TPSA) is 78.9 Å². The van der Waals surface area contributed by atoms with Crippen molar-refractivity contribution in [1.82, 2.24) is 0 Å². The van der Waals surface area contributed by atoms with Crippen LogP contribution in [0.3, 0.4) is 0 Å². The third kappa shape index (κ3) is 5.82. The lowest BCUT2D eigenvalue weighted by Gasteiger charge is -2.37. The highest BCUT2D eigenvalue weighted by atomic mass is 19.1. The van der Waals surface area contributed by atoms with E-state index in [1.54, 1.807) is 38.1 Å². The van der Waals surface area contributed by atoms with Gasteiger partial charge in [-0.05, 0) is 47.2 Å². The Morgan fingerprint density at radius 3 is 2.18 bits per heavy atom. The van der Waals surface area contributed by atoms with E-state index in [4.69, 9.17) is 4.74 Å². The number of ether oxygens (including phenoxy) is 1. The SMILES string of the molecule is CC(C)C(=O)N1c2cccc(O)c2NC2=C(C(=O)CC(C)(C)C2)C1c1ccc(OC(c2ccccc2)c2ccccc2)cc1F. The first-order valence-electron chi connectivity index (χ1n) is 15.3. The summed E-state index contributed by atoms with van der Waals surface area (Å²) in [5.74, 6) is -1.29. The second-order valence-electron chi connectivity index (χ2n) is 12.9. The molecule has 0 spiro atoms. The van der Waals surface area contributed by atoms with Gasteiger partial charge in [-0.25, -0.2) is 4.39 Å². The first kappa shape index (κ1) is 30.1. The van der Waals surface area contributed by atoms with E-state index in [1.165, 1.54) is 17.0 Å². The average molecular weight is 605 g/mol. The summed E-state index contributed by atoms with van der Waals surface area (Å²) in [7, 11) is 0. The number of para-hydroxylation sites is 1. The molecule has 2 N–H and O–H groups in total. The second-order valence-corrected chi connectivity index (χ2v) is 12.9. The summed E-state index contributed by atoms with van der Waals surface area (Å²) in [4.78, 5) is 29.4. The Morgan fingerprint density at radius 2 is 1.58 bits per heavy atom. The number of phenolic OH excluding ortho intramolecular Hbond substituents is 1. The molecule has 0 radical (unpaired) electrons. The van der Waals surface area contributed by atoms with Gasteiger partial charge in [0.15, 0.2) is 5.78 Å². The number of halogens is 1. The molecule has 1 unspecified atom stereocenters. The second kappa shape index (κ2) is 11.9. The van der Waals surface area contributed by atoms with Gasteiger partial charge < -0.3 is 15.2 Å². The Balaban J connectivity index is 1.49. The number of benzene rings is 4. The molecule has 7 heteroatoms. The van der Waals surface area contributed by atoms with Crippen LogP contribution in [0.15, 0.2) is 108 Å². The minimum absolute atomic E-state index is 0.0607. The third-order valence-corrected chi connectivity index (χ3v) is 8.46. The third-order valence-electron chi connectivity index (χ3n) is 8.46. The van der Waals surface area contributed by atoms with Gasteiger partial charge in [-0.2, -0.15) is 0 Å². The molecule has 0 bridgehead atoms. The Kier molecular flexibility index (Phi) is 7.96. The van der Waals surface area contributed by atoms with Gasteiger partial charge in [0, 0.05) is 35.2 Å². The number of rotatable bonds is 6. The van der Waals surface area contributed by atoms with Crippen molar-refractivity contribution in [3.8, 4) is 11.5 Å². The first-order chi connectivity index (χ1) is 21.5. The highest BCUT2D eigenvalue weighted by Crippen LogP contribution is 2.51. The number of hydrogen-bond donors (Lipinski definition) is 2. The number of carbonyl (C=O) groups excluding carboxylic acids is 2. The van der Waals surface area contributed by atoms with Gasteiger partial charge in [0.1, 0.15) is 29.1 Å². The quantitative estimate of drug-likeness (QED) is 0.216. The van der Waals surface area contributed by atoms with Crippen LogP contribution in [0.2, 0.25) is 0 Å². The molecular weight excluding hydrogens is 567 g/mol. The maximum absolute atomic E-state index is 16.5. The number of nitrogens with one attached hydrogen (secondary N) is 1. The van der Waals surface area contributed by atoms with E-state index in [0.29, 0.717) is 34.8 Å². The maximum atomic E-state index is 16.5. The lowest BCUT2D eigenvalue weighted by Crippen LogP contribution is -2.41. The van der Waals surface area contributed by atoms with Crippen molar-refractivity contribution in [2.45, 2.75) is 52.7 Å². The van der Waals surface area contributed by atoms with Crippen LogP contribution in [0.5, 0.6) is 11.5 Å². The molecule has 1 aliphatic heterocycles. The van der Waals surface area contributed by atoms with E-state index in [0.717, 1.165) is 11.1 Å². The van der Waals surface area contributed by atoms with Crippen LogP contribution in [-0.4, -0.2) is 16.8 Å². The molecule has 4 aromatic rings. The molecule has 230 valence electrons. The Bertz CT molecular complexity index is 1740. The van der Waals surface area contributed by atoms with Crippen LogP contribution in [0, 0.1) is 17.2 Å². The Morgan fingerprint density at radius 1 is 0.933 bits per heavy atom. The fourth-order valence-electron chi connectivity index (χ4n) is 6.38. The van der Waals surface area contributed by atoms with Crippen molar-refractivity contribution in [1.29, 1.82) is 0 Å². The van der Waals surface area contributed by atoms with E-state index >= 15 is 4.39 Å². The zero-order valence-electron chi connectivity index (χ0n) is 25.9.